The molecule has 136 valence electrons. The van der Waals surface area contributed by atoms with Gasteiger partial charge in [-0.25, -0.2) is 0 Å². The molecule has 2 aliphatic rings. The molecule has 1 saturated carbocycles. The summed E-state index contributed by atoms with van der Waals surface area (Å²) in [5.41, 5.74) is 0.420. The molecule has 1 heterocycles. The lowest BCUT2D eigenvalue weighted by Gasteiger charge is -2.34. The molecule has 5 nitrogen and oxygen atoms in total. The second-order valence-electron chi connectivity index (χ2n) is 7.40. The van der Waals surface area contributed by atoms with Gasteiger partial charge in [0.25, 0.3) is 0 Å². The summed E-state index contributed by atoms with van der Waals surface area (Å²) in [6, 6.07) is 10.7. The minimum atomic E-state index is -0.955. The minimum Gasteiger partial charge on any atom is -0.481 e. The highest BCUT2D eigenvalue weighted by Gasteiger charge is 2.42. The Bertz CT molecular complexity index is 587. The lowest BCUT2D eigenvalue weighted by molar-refractivity contribution is -0.158. The summed E-state index contributed by atoms with van der Waals surface area (Å²) in [4.78, 5) is 24.1. The first-order valence-electron chi connectivity index (χ1n) is 9.24. The van der Waals surface area contributed by atoms with Crippen molar-refractivity contribution in [3.05, 3.63) is 35.9 Å². The fraction of sp³-hybridized carbons (Fsp3) is 0.600. The maximum absolute atomic E-state index is 12.4. The van der Waals surface area contributed by atoms with Gasteiger partial charge in [0.2, 0.25) is 5.91 Å². The second-order valence-corrected chi connectivity index (χ2v) is 7.40. The van der Waals surface area contributed by atoms with Gasteiger partial charge in [-0.2, -0.15) is 0 Å². The maximum atomic E-state index is 12.4. The van der Waals surface area contributed by atoms with Gasteiger partial charge >= 0.3 is 5.97 Å². The zero-order chi connectivity index (χ0) is 17.7. The number of carbonyl (C=O) groups is 2. The first kappa shape index (κ1) is 17.9. The molecule has 3 rings (SSSR count). The molecule has 5 heteroatoms. The van der Waals surface area contributed by atoms with Gasteiger partial charge < -0.3 is 15.2 Å². The van der Waals surface area contributed by atoms with E-state index in [4.69, 9.17) is 4.74 Å². The molecule has 2 fully saturated rings. The molecule has 25 heavy (non-hydrogen) atoms. The first-order valence-corrected chi connectivity index (χ1v) is 9.24. The molecule has 1 aromatic carbocycles. The summed E-state index contributed by atoms with van der Waals surface area (Å²) in [7, 11) is 0. The van der Waals surface area contributed by atoms with Crippen LogP contribution in [0.3, 0.4) is 0 Å². The number of aliphatic carboxylic acids is 1. The molecule has 1 amide bonds. The Hall–Kier alpha value is -1.88. The third-order valence-electron chi connectivity index (χ3n) is 5.77. The van der Waals surface area contributed by atoms with Crippen LogP contribution in [0.25, 0.3) is 0 Å². The number of hydrogen-bond acceptors (Lipinski definition) is 3. The van der Waals surface area contributed by atoms with Gasteiger partial charge in [0.05, 0.1) is 5.41 Å². The van der Waals surface area contributed by atoms with E-state index in [9.17, 15) is 14.7 Å². The van der Waals surface area contributed by atoms with E-state index < -0.39 is 11.4 Å². The monoisotopic (exact) mass is 345 g/mol. The van der Waals surface area contributed by atoms with Gasteiger partial charge in [0.1, 0.15) is 0 Å². The third kappa shape index (κ3) is 4.40. The zero-order valence-corrected chi connectivity index (χ0v) is 14.6. The summed E-state index contributed by atoms with van der Waals surface area (Å²) in [5.74, 6) is -0.443. The van der Waals surface area contributed by atoms with Gasteiger partial charge in [0, 0.05) is 25.7 Å². The summed E-state index contributed by atoms with van der Waals surface area (Å²) in [5, 5.41) is 12.6. The van der Waals surface area contributed by atoms with Crippen LogP contribution < -0.4 is 5.32 Å². The first-order chi connectivity index (χ1) is 12.1. The number of carboxylic acid groups (broad SMARTS) is 1. The van der Waals surface area contributed by atoms with Crippen LogP contribution in [0, 0.1) is 5.41 Å². The quantitative estimate of drug-likeness (QED) is 0.860. The van der Waals surface area contributed by atoms with Crippen LogP contribution in [-0.2, 0) is 14.3 Å². The lowest BCUT2D eigenvalue weighted by Crippen LogP contribution is -2.44. The number of hydrogen-bond donors (Lipinski definition) is 2. The van der Waals surface area contributed by atoms with Crippen LogP contribution in [0.1, 0.15) is 56.4 Å². The number of ether oxygens (including phenoxy) is 1. The molecule has 1 aromatic rings. The van der Waals surface area contributed by atoms with Crippen molar-refractivity contribution < 1.29 is 19.4 Å². The third-order valence-corrected chi connectivity index (χ3v) is 5.77. The van der Waals surface area contributed by atoms with E-state index in [0.29, 0.717) is 32.0 Å². The van der Waals surface area contributed by atoms with Crippen molar-refractivity contribution in [2.75, 3.05) is 13.2 Å². The molecule has 0 bridgehead atoms. The van der Waals surface area contributed by atoms with E-state index in [1.807, 2.05) is 6.07 Å². The van der Waals surface area contributed by atoms with Crippen molar-refractivity contribution in [3.8, 4) is 0 Å². The molecule has 0 aromatic heterocycles. The van der Waals surface area contributed by atoms with E-state index in [1.54, 1.807) is 0 Å². The molecular weight excluding hydrogens is 318 g/mol. The van der Waals surface area contributed by atoms with Crippen molar-refractivity contribution in [2.24, 2.45) is 5.41 Å². The summed E-state index contributed by atoms with van der Waals surface area (Å²) < 4.78 is 5.27. The smallest absolute Gasteiger partial charge is 0.310 e. The highest BCUT2D eigenvalue weighted by Crippen LogP contribution is 2.36. The van der Waals surface area contributed by atoms with E-state index in [-0.39, 0.29) is 18.4 Å². The highest BCUT2D eigenvalue weighted by molar-refractivity contribution is 5.85. The number of rotatable bonds is 5. The summed E-state index contributed by atoms with van der Waals surface area (Å²) in [6.07, 6.45) is 4.92. The van der Waals surface area contributed by atoms with Crippen LogP contribution in [0.2, 0.25) is 0 Å². The van der Waals surface area contributed by atoms with E-state index >= 15 is 0 Å². The van der Waals surface area contributed by atoms with Crippen LogP contribution in [0.4, 0.5) is 0 Å². The van der Waals surface area contributed by atoms with Crippen molar-refractivity contribution in [3.63, 3.8) is 0 Å². The second kappa shape index (κ2) is 8.00. The average Bonchev–Trinajstić information content (AvgIpc) is 2.63. The molecule has 1 aliphatic heterocycles. The Morgan fingerprint density at radius 2 is 1.72 bits per heavy atom. The maximum Gasteiger partial charge on any atom is 0.310 e. The Morgan fingerprint density at radius 1 is 1.08 bits per heavy atom. The molecule has 1 saturated heterocycles. The molecule has 0 radical (unpaired) electrons. The number of carbonyl (C=O) groups excluding carboxylic acids is 1. The number of nitrogens with one attached hydrogen (secondary N) is 1. The SMILES string of the molecule is O=C(CC1(C(=O)O)CCOCC1)NC1CCC(c2ccccc2)CC1. The lowest BCUT2D eigenvalue weighted by atomic mass is 9.76. The molecule has 0 spiro atoms. The van der Waals surface area contributed by atoms with Gasteiger partial charge in [-0.15, -0.1) is 0 Å². The Morgan fingerprint density at radius 3 is 2.32 bits per heavy atom. The van der Waals surface area contributed by atoms with Gasteiger partial charge in [-0.3, -0.25) is 9.59 Å². The summed E-state index contributed by atoms with van der Waals surface area (Å²) >= 11 is 0. The normalized spacial score (nSPS) is 25.9. The fourth-order valence-corrected chi connectivity index (χ4v) is 4.11. The standard InChI is InChI=1S/C20H27NO4/c22-18(14-20(19(23)24)10-12-25-13-11-20)21-17-8-6-16(7-9-17)15-4-2-1-3-5-15/h1-5,16-17H,6-14H2,(H,21,22)(H,23,24). The molecular formula is C20H27NO4. The van der Waals surface area contributed by atoms with Crippen LogP contribution >= 0.6 is 0 Å². The Labute approximate surface area is 148 Å². The number of carboxylic acids is 1. The Balaban J connectivity index is 1.50. The van der Waals surface area contributed by atoms with E-state index in [2.05, 4.69) is 29.6 Å². The average molecular weight is 345 g/mol. The topological polar surface area (TPSA) is 75.6 Å². The van der Waals surface area contributed by atoms with Crippen molar-refractivity contribution >= 4 is 11.9 Å². The van der Waals surface area contributed by atoms with E-state index in [1.165, 1.54) is 5.56 Å². The molecule has 0 atom stereocenters. The van der Waals surface area contributed by atoms with Crippen molar-refractivity contribution in [1.82, 2.24) is 5.32 Å². The van der Waals surface area contributed by atoms with E-state index in [0.717, 1.165) is 25.7 Å². The van der Waals surface area contributed by atoms with Gasteiger partial charge in [0.15, 0.2) is 0 Å². The highest BCUT2D eigenvalue weighted by atomic mass is 16.5. The predicted molar refractivity (Wildman–Crippen MR) is 94.3 cm³/mol. The molecule has 0 unspecified atom stereocenters. The Kier molecular flexibility index (Phi) is 5.74. The van der Waals surface area contributed by atoms with Gasteiger partial charge in [-0.05, 0) is 50.0 Å². The summed E-state index contributed by atoms with van der Waals surface area (Å²) in [6.45, 7) is 0.837. The van der Waals surface area contributed by atoms with Crippen LogP contribution in [0.5, 0.6) is 0 Å². The molecule has 1 aliphatic carbocycles. The van der Waals surface area contributed by atoms with Crippen molar-refractivity contribution in [2.45, 2.75) is 56.9 Å². The van der Waals surface area contributed by atoms with Crippen molar-refractivity contribution in [1.29, 1.82) is 0 Å². The number of benzene rings is 1. The van der Waals surface area contributed by atoms with Gasteiger partial charge in [-0.1, -0.05) is 30.3 Å². The predicted octanol–water partition coefficient (Wildman–Crippen LogP) is 3.10. The number of amides is 1. The minimum absolute atomic E-state index is 0.0598. The molecule has 2 N–H and O–H groups in total. The fourth-order valence-electron chi connectivity index (χ4n) is 4.11. The van der Waals surface area contributed by atoms with Crippen LogP contribution in [0.15, 0.2) is 30.3 Å². The zero-order valence-electron chi connectivity index (χ0n) is 14.6. The van der Waals surface area contributed by atoms with Crippen LogP contribution in [-0.4, -0.2) is 36.2 Å². The largest absolute Gasteiger partial charge is 0.481 e.